The molecule has 0 spiro atoms. The molecular weight excluding hydrogens is 416 g/mol. The van der Waals surface area contributed by atoms with Crippen LogP contribution in [0.25, 0.3) is 37.7 Å². The van der Waals surface area contributed by atoms with Crippen molar-refractivity contribution >= 4 is 27.5 Å². The van der Waals surface area contributed by atoms with Gasteiger partial charge in [0.1, 0.15) is 5.69 Å². The number of ether oxygens (including phenoxy) is 1. The van der Waals surface area contributed by atoms with E-state index in [2.05, 4.69) is 6.07 Å². The van der Waals surface area contributed by atoms with E-state index >= 15 is 0 Å². The van der Waals surface area contributed by atoms with Crippen LogP contribution in [0.5, 0.6) is 0 Å². The molecule has 2 heterocycles. The molecule has 2 aromatic heterocycles. The summed E-state index contributed by atoms with van der Waals surface area (Å²) in [7, 11) is 0. The SMILES string of the molecule is CCOC(=O)c1cc(-c2ccccc2)cc(-c2ccccc2)[n+]1-c1nc2ccccc2s1. The first-order chi connectivity index (χ1) is 15.7. The Labute approximate surface area is 190 Å². The zero-order valence-electron chi connectivity index (χ0n) is 17.6. The lowest BCUT2D eigenvalue weighted by Gasteiger charge is -2.12. The predicted molar refractivity (Wildman–Crippen MR) is 128 cm³/mol. The van der Waals surface area contributed by atoms with Crippen molar-refractivity contribution in [3.8, 4) is 27.5 Å². The van der Waals surface area contributed by atoms with Crippen LogP contribution in [0.1, 0.15) is 17.4 Å². The zero-order chi connectivity index (χ0) is 21.9. The van der Waals surface area contributed by atoms with Crippen molar-refractivity contribution in [3.05, 3.63) is 103 Å². The molecule has 0 N–H and O–H groups in total. The zero-order valence-corrected chi connectivity index (χ0v) is 18.4. The molecule has 0 amide bonds. The van der Waals surface area contributed by atoms with Gasteiger partial charge in [0.15, 0.2) is 5.52 Å². The van der Waals surface area contributed by atoms with Gasteiger partial charge in [0.25, 0.3) is 0 Å². The molecule has 156 valence electrons. The number of pyridine rings is 1. The van der Waals surface area contributed by atoms with E-state index in [0.29, 0.717) is 12.3 Å². The summed E-state index contributed by atoms with van der Waals surface area (Å²) in [6.45, 7) is 2.12. The van der Waals surface area contributed by atoms with E-state index in [1.807, 2.05) is 102 Å². The van der Waals surface area contributed by atoms with Crippen molar-refractivity contribution in [2.75, 3.05) is 6.61 Å². The first kappa shape index (κ1) is 20.1. The van der Waals surface area contributed by atoms with Crippen LogP contribution in [-0.4, -0.2) is 17.6 Å². The summed E-state index contributed by atoms with van der Waals surface area (Å²) in [5.74, 6) is -0.373. The maximum Gasteiger partial charge on any atom is 0.389 e. The van der Waals surface area contributed by atoms with E-state index in [9.17, 15) is 4.79 Å². The van der Waals surface area contributed by atoms with Gasteiger partial charge < -0.3 is 4.74 Å². The van der Waals surface area contributed by atoms with Crippen LogP contribution in [0.2, 0.25) is 0 Å². The van der Waals surface area contributed by atoms with E-state index in [1.54, 1.807) is 11.3 Å². The largest absolute Gasteiger partial charge is 0.460 e. The summed E-state index contributed by atoms with van der Waals surface area (Å²) in [5.41, 5.74) is 5.22. The number of thiazole rings is 1. The van der Waals surface area contributed by atoms with E-state index in [0.717, 1.165) is 37.7 Å². The van der Waals surface area contributed by atoms with Gasteiger partial charge in [-0.15, -0.1) is 0 Å². The first-order valence-electron chi connectivity index (χ1n) is 10.5. The van der Waals surface area contributed by atoms with Gasteiger partial charge in [-0.05, 0) is 52.6 Å². The fourth-order valence-electron chi connectivity index (χ4n) is 3.73. The number of aromatic nitrogens is 2. The molecule has 0 radical (unpaired) electrons. The number of esters is 1. The minimum Gasteiger partial charge on any atom is -0.460 e. The van der Waals surface area contributed by atoms with Gasteiger partial charge in [-0.1, -0.05) is 72.8 Å². The second kappa shape index (κ2) is 8.73. The van der Waals surface area contributed by atoms with E-state index in [1.165, 1.54) is 0 Å². The highest BCUT2D eigenvalue weighted by Crippen LogP contribution is 2.29. The lowest BCUT2D eigenvalue weighted by atomic mass is 10.0. The Morgan fingerprint density at radius 3 is 2.19 bits per heavy atom. The number of fused-ring (bicyclic) bond motifs is 1. The number of hydrogen-bond acceptors (Lipinski definition) is 4. The number of benzene rings is 3. The monoisotopic (exact) mass is 437 g/mol. The standard InChI is InChI=1S/C27H21N2O2S/c1-2-31-26(30)24-18-21(19-11-5-3-6-12-19)17-23(20-13-7-4-8-14-20)29(24)27-28-22-15-9-10-16-25(22)32-27/h3-18H,2H2,1H3/q+1. The molecule has 0 saturated carbocycles. The average molecular weight is 438 g/mol. The maximum atomic E-state index is 13.2. The van der Waals surface area contributed by atoms with Gasteiger partial charge in [-0.3, -0.25) is 0 Å². The van der Waals surface area contributed by atoms with Crippen molar-refractivity contribution in [2.45, 2.75) is 6.92 Å². The Morgan fingerprint density at radius 1 is 0.844 bits per heavy atom. The summed E-state index contributed by atoms with van der Waals surface area (Å²) in [5, 5.41) is 0.729. The smallest absolute Gasteiger partial charge is 0.389 e. The van der Waals surface area contributed by atoms with E-state index in [4.69, 9.17) is 9.72 Å². The number of hydrogen-bond donors (Lipinski definition) is 0. The molecule has 0 aliphatic rings. The van der Waals surface area contributed by atoms with Gasteiger partial charge in [0.2, 0.25) is 5.69 Å². The molecule has 0 unspecified atom stereocenters. The molecule has 3 aromatic carbocycles. The van der Waals surface area contributed by atoms with Crippen LogP contribution < -0.4 is 4.57 Å². The second-order valence-electron chi connectivity index (χ2n) is 7.27. The van der Waals surface area contributed by atoms with Crippen LogP contribution in [-0.2, 0) is 4.74 Å². The topological polar surface area (TPSA) is 43.1 Å². The Balaban J connectivity index is 1.84. The third kappa shape index (κ3) is 3.79. The molecule has 0 aliphatic heterocycles. The Bertz CT molecular complexity index is 1360. The molecular formula is C27H21N2O2S+. The fourth-order valence-corrected chi connectivity index (χ4v) is 4.72. The number of carbonyl (C=O) groups is 1. The second-order valence-corrected chi connectivity index (χ2v) is 8.28. The molecule has 5 rings (SSSR count). The summed E-state index contributed by atoms with van der Waals surface area (Å²) in [4.78, 5) is 18.0. The van der Waals surface area contributed by atoms with Crippen LogP contribution in [0.4, 0.5) is 0 Å². The third-order valence-electron chi connectivity index (χ3n) is 5.20. The normalized spacial score (nSPS) is 10.9. The molecule has 0 aliphatic carbocycles. The molecule has 5 heteroatoms. The summed E-state index contributed by atoms with van der Waals surface area (Å²) < 4.78 is 8.45. The lowest BCUT2D eigenvalue weighted by Crippen LogP contribution is -2.41. The van der Waals surface area contributed by atoms with E-state index in [-0.39, 0.29) is 5.97 Å². The quantitative estimate of drug-likeness (QED) is 0.247. The predicted octanol–water partition coefficient (Wildman–Crippen LogP) is 6.08. The average Bonchev–Trinajstić information content (AvgIpc) is 3.28. The van der Waals surface area contributed by atoms with Crippen molar-refractivity contribution in [2.24, 2.45) is 0 Å². The summed E-state index contributed by atoms with van der Waals surface area (Å²) >= 11 is 1.55. The van der Waals surface area contributed by atoms with Crippen molar-refractivity contribution in [1.82, 2.24) is 4.98 Å². The molecule has 0 bridgehead atoms. The third-order valence-corrected chi connectivity index (χ3v) is 6.22. The van der Waals surface area contributed by atoms with Crippen molar-refractivity contribution in [1.29, 1.82) is 0 Å². The molecule has 0 atom stereocenters. The summed E-state index contributed by atoms with van der Waals surface area (Å²) in [6, 6.07) is 32.1. The van der Waals surface area contributed by atoms with Crippen molar-refractivity contribution < 1.29 is 14.1 Å². The fraction of sp³-hybridized carbons (Fsp3) is 0.0741. The number of para-hydroxylation sites is 1. The minimum absolute atomic E-state index is 0.301. The van der Waals surface area contributed by atoms with Crippen LogP contribution >= 0.6 is 11.3 Å². The maximum absolute atomic E-state index is 13.2. The molecule has 0 fully saturated rings. The van der Waals surface area contributed by atoms with Crippen LogP contribution in [0, 0.1) is 0 Å². The highest BCUT2D eigenvalue weighted by Gasteiger charge is 2.29. The summed E-state index contributed by atoms with van der Waals surface area (Å²) in [6.07, 6.45) is 0. The Hall–Kier alpha value is -3.83. The van der Waals surface area contributed by atoms with Gasteiger partial charge in [-0.25, -0.2) is 4.79 Å². The van der Waals surface area contributed by atoms with Gasteiger partial charge in [0.05, 0.1) is 11.3 Å². The van der Waals surface area contributed by atoms with Crippen LogP contribution in [0.3, 0.4) is 0 Å². The first-order valence-corrected chi connectivity index (χ1v) is 11.3. The molecule has 32 heavy (non-hydrogen) atoms. The van der Waals surface area contributed by atoms with Gasteiger partial charge >= 0.3 is 11.1 Å². The number of carbonyl (C=O) groups excluding carboxylic acids is 1. The van der Waals surface area contributed by atoms with Gasteiger partial charge in [0, 0.05) is 11.6 Å². The minimum atomic E-state index is -0.373. The van der Waals surface area contributed by atoms with Crippen molar-refractivity contribution in [3.63, 3.8) is 0 Å². The van der Waals surface area contributed by atoms with E-state index < -0.39 is 0 Å². The highest BCUT2D eigenvalue weighted by molar-refractivity contribution is 7.20. The number of nitrogens with zero attached hydrogens (tertiary/aromatic N) is 2. The van der Waals surface area contributed by atoms with Crippen LogP contribution in [0.15, 0.2) is 97.1 Å². The molecule has 5 aromatic rings. The number of rotatable bonds is 5. The Kier molecular flexibility index (Phi) is 5.48. The molecule has 0 saturated heterocycles. The highest BCUT2D eigenvalue weighted by atomic mass is 32.1. The Morgan fingerprint density at radius 2 is 1.50 bits per heavy atom. The lowest BCUT2D eigenvalue weighted by molar-refractivity contribution is -0.586. The van der Waals surface area contributed by atoms with Gasteiger partial charge in [-0.2, -0.15) is 4.57 Å². The molecule has 4 nitrogen and oxygen atoms in total.